The summed E-state index contributed by atoms with van der Waals surface area (Å²) in [5.74, 6) is -0.115. The molecule has 0 saturated heterocycles. The van der Waals surface area contributed by atoms with E-state index in [1.165, 1.54) is 6.07 Å². The number of hydrogen-bond acceptors (Lipinski definition) is 3. The lowest BCUT2D eigenvalue weighted by atomic mass is 10.1. The summed E-state index contributed by atoms with van der Waals surface area (Å²) >= 11 is 5.77. The van der Waals surface area contributed by atoms with Gasteiger partial charge in [0.1, 0.15) is 5.75 Å². The Hall–Kier alpha value is -2.20. The smallest absolute Gasteiger partial charge is 0.253 e. The van der Waals surface area contributed by atoms with Crippen LogP contribution in [0.5, 0.6) is 5.75 Å². The first-order chi connectivity index (χ1) is 9.06. The molecule has 0 aliphatic carbocycles. The molecule has 1 amide bonds. The number of nitrogens with two attached hydrogens (primary N) is 1. The maximum Gasteiger partial charge on any atom is 0.253 e. The van der Waals surface area contributed by atoms with Gasteiger partial charge in [0.2, 0.25) is 0 Å². The third-order valence-electron chi connectivity index (χ3n) is 2.62. The summed E-state index contributed by atoms with van der Waals surface area (Å²) < 4.78 is 0. The average molecular weight is 277 g/mol. The molecule has 0 radical (unpaired) electrons. The molecule has 0 fully saturated rings. The molecule has 2 rings (SSSR count). The number of carbonyl (C=O) groups excluding carboxylic acids is 1. The molecule has 0 saturated carbocycles. The van der Waals surface area contributed by atoms with Crippen LogP contribution >= 0.6 is 11.6 Å². The summed E-state index contributed by atoms with van der Waals surface area (Å²) in [6.07, 6.45) is 0. The molecule has 0 aliphatic heterocycles. The van der Waals surface area contributed by atoms with Gasteiger partial charge in [0.15, 0.2) is 0 Å². The third-order valence-corrected chi connectivity index (χ3v) is 2.86. The SMILES string of the molecule is Nc1cc(Cl)ccc1C(=O)NCc1cccc(O)c1. The van der Waals surface area contributed by atoms with Gasteiger partial charge in [-0.05, 0) is 35.9 Å². The minimum absolute atomic E-state index is 0.165. The van der Waals surface area contributed by atoms with Gasteiger partial charge in [-0.25, -0.2) is 0 Å². The molecule has 0 unspecified atom stereocenters. The number of amides is 1. The number of benzene rings is 2. The third kappa shape index (κ3) is 3.39. The quantitative estimate of drug-likeness (QED) is 0.754. The van der Waals surface area contributed by atoms with E-state index in [9.17, 15) is 9.90 Å². The molecule has 2 aromatic carbocycles. The summed E-state index contributed by atoms with van der Waals surface area (Å²) in [6, 6.07) is 11.4. The van der Waals surface area contributed by atoms with Crippen molar-refractivity contribution >= 4 is 23.2 Å². The molecule has 4 nitrogen and oxygen atoms in total. The van der Waals surface area contributed by atoms with E-state index in [4.69, 9.17) is 17.3 Å². The first-order valence-corrected chi connectivity index (χ1v) is 6.05. The van der Waals surface area contributed by atoms with Crippen LogP contribution in [0.3, 0.4) is 0 Å². The number of phenolic OH excluding ortho intramolecular Hbond substituents is 1. The van der Waals surface area contributed by atoms with Crippen molar-refractivity contribution in [3.05, 3.63) is 58.6 Å². The summed E-state index contributed by atoms with van der Waals surface area (Å²) in [4.78, 5) is 11.9. The van der Waals surface area contributed by atoms with Crippen molar-refractivity contribution in [2.45, 2.75) is 6.54 Å². The van der Waals surface area contributed by atoms with Crippen LogP contribution in [0.1, 0.15) is 15.9 Å². The van der Waals surface area contributed by atoms with Gasteiger partial charge in [-0.2, -0.15) is 0 Å². The van der Waals surface area contributed by atoms with Gasteiger partial charge >= 0.3 is 0 Å². The molecule has 0 spiro atoms. The van der Waals surface area contributed by atoms with Gasteiger partial charge in [0.05, 0.1) is 5.56 Å². The summed E-state index contributed by atoms with van der Waals surface area (Å²) in [7, 11) is 0. The maximum absolute atomic E-state index is 11.9. The predicted molar refractivity (Wildman–Crippen MR) is 75.1 cm³/mol. The van der Waals surface area contributed by atoms with E-state index in [1.807, 2.05) is 6.07 Å². The van der Waals surface area contributed by atoms with Crippen LogP contribution in [0, 0.1) is 0 Å². The van der Waals surface area contributed by atoms with Crippen molar-refractivity contribution in [2.75, 3.05) is 5.73 Å². The van der Waals surface area contributed by atoms with E-state index in [-0.39, 0.29) is 11.7 Å². The van der Waals surface area contributed by atoms with E-state index < -0.39 is 0 Å². The van der Waals surface area contributed by atoms with Crippen LogP contribution in [0.15, 0.2) is 42.5 Å². The van der Waals surface area contributed by atoms with Crippen molar-refractivity contribution in [2.24, 2.45) is 0 Å². The molecular formula is C14H13ClN2O2. The Morgan fingerprint density at radius 2 is 2.05 bits per heavy atom. The molecule has 98 valence electrons. The lowest BCUT2D eigenvalue weighted by Crippen LogP contribution is -2.23. The number of rotatable bonds is 3. The van der Waals surface area contributed by atoms with E-state index in [2.05, 4.69) is 5.32 Å². The fraction of sp³-hybridized carbons (Fsp3) is 0.0714. The van der Waals surface area contributed by atoms with Crippen LogP contribution in [0.25, 0.3) is 0 Å². The minimum atomic E-state index is -0.280. The zero-order valence-corrected chi connectivity index (χ0v) is 10.8. The van der Waals surface area contributed by atoms with Crippen LogP contribution in [0.4, 0.5) is 5.69 Å². The summed E-state index contributed by atoms with van der Waals surface area (Å²) in [6.45, 7) is 0.315. The van der Waals surface area contributed by atoms with Crippen molar-refractivity contribution in [3.63, 3.8) is 0 Å². The standard InChI is InChI=1S/C14H13ClN2O2/c15-10-4-5-12(13(16)7-10)14(19)17-8-9-2-1-3-11(18)6-9/h1-7,18H,8,16H2,(H,17,19). The second-order valence-electron chi connectivity index (χ2n) is 4.08. The number of anilines is 1. The number of aromatic hydroxyl groups is 1. The Kier molecular flexibility index (Phi) is 3.92. The first-order valence-electron chi connectivity index (χ1n) is 5.67. The van der Waals surface area contributed by atoms with Gasteiger partial charge in [-0.15, -0.1) is 0 Å². The molecule has 2 aromatic rings. The van der Waals surface area contributed by atoms with Gasteiger partial charge in [-0.1, -0.05) is 23.7 Å². The highest BCUT2D eigenvalue weighted by atomic mass is 35.5. The minimum Gasteiger partial charge on any atom is -0.508 e. The molecule has 0 bridgehead atoms. The number of phenols is 1. The van der Waals surface area contributed by atoms with Crippen molar-refractivity contribution < 1.29 is 9.90 Å². The molecular weight excluding hydrogens is 264 g/mol. The summed E-state index contributed by atoms with van der Waals surface area (Å²) in [5, 5.41) is 12.5. The van der Waals surface area contributed by atoms with Crippen molar-refractivity contribution in [3.8, 4) is 5.75 Å². The molecule has 0 aromatic heterocycles. The zero-order valence-electron chi connectivity index (χ0n) is 10.1. The lowest BCUT2D eigenvalue weighted by molar-refractivity contribution is 0.0951. The number of carbonyl (C=O) groups is 1. The van der Waals surface area contributed by atoms with Crippen LogP contribution < -0.4 is 11.1 Å². The number of nitrogens with one attached hydrogen (secondary N) is 1. The van der Waals surface area contributed by atoms with Crippen molar-refractivity contribution in [1.82, 2.24) is 5.32 Å². The fourth-order valence-corrected chi connectivity index (χ4v) is 1.86. The first kappa shape index (κ1) is 13.2. The Morgan fingerprint density at radius 1 is 1.26 bits per heavy atom. The largest absolute Gasteiger partial charge is 0.508 e. The highest BCUT2D eigenvalue weighted by Gasteiger charge is 2.09. The lowest BCUT2D eigenvalue weighted by Gasteiger charge is -2.08. The molecule has 0 atom stereocenters. The highest BCUT2D eigenvalue weighted by Crippen LogP contribution is 2.18. The van der Waals surface area contributed by atoms with Crippen LogP contribution in [0.2, 0.25) is 5.02 Å². The Balaban J connectivity index is 2.05. The van der Waals surface area contributed by atoms with E-state index in [0.717, 1.165) is 5.56 Å². The number of nitrogen functional groups attached to an aromatic ring is 1. The van der Waals surface area contributed by atoms with E-state index in [0.29, 0.717) is 22.8 Å². The zero-order chi connectivity index (χ0) is 13.8. The Bertz CT molecular complexity index is 614. The van der Waals surface area contributed by atoms with Crippen LogP contribution in [-0.4, -0.2) is 11.0 Å². The normalized spacial score (nSPS) is 10.2. The number of hydrogen-bond donors (Lipinski definition) is 3. The molecule has 0 aliphatic rings. The number of halogens is 1. The predicted octanol–water partition coefficient (Wildman–Crippen LogP) is 2.56. The van der Waals surface area contributed by atoms with E-state index >= 15 is 0 Å². The topological polar surface area (TPSA) is 75.4 Å². The molecule has 5 heteroatoms. The van der Waals surface area contributed by atoms with Gasteiger partial charge < -0.3 is 16.2 Å². The monoisotopic (exact) mass is 276 g/mol. The second kappa shape index (κ2) is 5.63. The van der Waals surface area contributed by atoms with Gasteiger partial charge in [0, 0.05) is 17.3 Å². The average Bonchev–Trinajstić information content (AvgIpc) is 2.36. The Labute approximate surface area is 115 Å². The Morgan fingerprint density at radius 3 is 2.74 bits per heavy atom. The summed E-state index contributed by atoms with van der Waals surface area (Å²) in [5.41, 5.74) is 7.25. The van der Waals surface area contributed by atoms with Gasteiger partial charge in [0.25, 0.3) is 5.91 Å². The van der Waals surface area contributed by atoms with Crippen molar-refractivity contribution in [1.29, 1.82) is 0 Å². The highest BCUT2D eigenvalue weighted by molar-refractivity contribution is 6.31. The second-order valence-corrected chi connectivity index (χ2v) is 4.52. The van der Waals surface area contributed by atoms with E-state index in [1.54, 1.807) is 30.3 Å². The van der Waals surface area contributed by atoms with Gasteiger partial charge in [-0.3, -0.25) is 4.79 Å². The molecule has 4 N–H and O–H groups in total. The fourth-order valence-electron chi connectivity index (χ4n) is 1.68. The van der Waals surface area contributed by atoms with Crippen LogP contribution in [-0.2, 0) is 6.54 Å². The molecule has 0 heterocycles. The molecule has 19 heavy (non-hydrogen) atoms. The maximum atomic E-state index is 11.9.